The highest BCUT2D eigenvalue weighted by atomic mass is 16.1. The lowest BCUT2D eigenvalue weighted by atomic mass is 9.44. The van der Waals surface area contributed by atoms with Gasteiger partial charge < -0.3 is 14.3 Å². The predicted octanol–water partition coefficient (Wildman–Crippen LogP) is 15.4. The predicted molar refractivity (Wildman–Crippen MR) is 314 cm³/mol. The molecule has 74 heavy (non-hydrogen) atoms. The van der Waals surface area contributed by atoms with Gasteiger partial charge in [-0.1, -0.05) is 142 Å². The number of nitrogens with zero attached hydrogens (tertiary/aromatic N) is 2. The van der Waals surface area contributed by atoms with Crippen LogP contribution >= 0.6 is 0 Å². The Hall–Kier alpha value is -8.30. The first-order valence-electron chi connectivity index (χ1n) is 26.9. The van der Waals surface area contributed by atoms with E-state index in [4.69, 9.17) is 0 Å². The second kappa shape index (κ2) is 18.6. The van der Waals surface area contributed by atoms with Crippen molar-refractivity contribution < 1.29 is 9.28 Å². The molecule has 0 fully saturated rings. The third-order valence-electron chi connectivity index (χ3n) is 16.4. The molecule has 0 radical (unpaired) electrons. The van der Waals surface area contributed by atoms with Crippen LogP contribution in [0, 0.1) is 49.2 Å². The Morgan fingerprint density at radius 3 is 1.69 bits per heavy atom. The largest absolute Gasteiger partial charge is 0.520 e. The van der Waals surface area contributed by atoms with E-state index in [1.807, 2.05) is 0 Å². The fraction of sp³-hybridized carbons (Fsp3) is 0.217. The van der Waals surface area contributed by atoms with Gasteiger partial charge in [0.2, 0.25) is 5.91 Å². The molecule has 4 nitrogen and oxygen atoms in total. The zero-order valence-electron chi connectivity index (χ0n) is 43.7. The molecule has 0 saturated heterocycles. The van der Waals surface area contributed by atoms with Crippen LogP contribution in [-0.4, -0.2) is 33.5 Å². The Morgan fingerprint density at radius 1 is 0.608 bits per heavy atom. The molecule has 0 atom stereocenters. The van der Waals surface area contributed by atoms with Gasteiger partial charge in [-0.2, -0.15) is 11.6 Å². The molecule has 0 saturated carbocycles. The molecule has 2 aliphatic heterocycles. The average Bonchev–Trinajstić information content (AvgIpc) is 3.85. The van der Waals surface area contributed by atoms with Crippen LogP contribution in [0.25, 0.3) is 70.2 Å². The number of hydrogen-bond donors (Lipinski definition) is 1. The number of unbranched alkanes of at least 4 members (excludes halogenated alkanes) is 2. The first kappa shape index (κ1) is 46.8. The normalized spacial score (nSPS) is 14.0. The van der Waals surface area contributed by atoms with Crippen LogP contribution in [0.3, 0.4) is 0 Å². The van der Waals surface area contributed by atoms with Gasteiger partial charge in [-0.15, -0.1) is 11.8 Å². The van der Waals surface area contributed by atoms with E-state index >= 15 is 0 Å². The van der Waals surface area contributed by atoms with Crippen molar-refractivity contribution in [3.63, 3.8) is 0 Å². The Morgan fingerprint density at radius 2 is 1.15 bits per heavy atom. The summed E-state index contributed by atoms with van der Waals surface area (Å²) in [7, 11) is 0. The molecule has 1 N–H and O–H groups in total. The van der Waals surface area contributed by atoms with Crippen molar-refractivity contribution in [3.8, 4) is 35.3 Å². The average molecular weight is 958 g/mol. The number of aromatic nitrogens is 1. The van der Waals surface area contributed by atoms with Gasteiger partial charge in [-0.05, 0) is 164 Å². The van der Waals surface area contributed by atoms with E-state index in [9.17, 15) is 4.79 Å². The third-order valence-corrected chi connectivity index (χ3v) is 16.4. The monoisotopic (exact) mass is 957 g/mol. The summed E-state index contributed by atoms with van der Waals surface area (Å²) in [4.78, 5) is 12.1. The maximum Gasteiger partial charge on any atom is 0.520 e. The summed E-state index contributed by atoms with van der Waals surface area (Å²) < 4.78 is 5.15. The zero-order chi connectivity index (χ0) is 50.8. The van der Waals surface area contributed by atoms with Gasteiger partial charge in [0.15, 0.2) is 5.70 Å². The van der Waals surface area contributed by atoms with Gasteiger partial charge in [-0.3, -0.25) is 4.79 Å². The van der Waals surface area contributed by atoms with Crippen LogP contribution in [-0.2, 0) is 11.2 Å². The Kier molecular flexibility index (Phi) is 11.8. The molecule has 360 valence electrons. The number of allylic oxidation sites excluding steroid dienone is 2. The van der Waals surface area contributed by atoms with Gasteiger partial charge in [0.1, 0.15) is 5.71 Å². The van der Waals surface area contributed by atoms with Crippen LogP contribution in [0.5, 0.6) is 0 Å². The van der Waals surface area contributed by atoms with E-state index < -0.39 is 6.42 Å². The van der Waals surface area contributed by atoms with Crippen LogP contribution < -0.4 is 5.32 Å². The molecule has 5 heteroatoms. The lowest BCUT2D eigenvalue weighted by Crippen LogP contribution is -2.57. The molecule has 0 aliphatic carbocycles. The molecule has 2 aliphatic rings. The number of carbonyl (C=O) groups is 1. The molecular formula is C69H60BN3O. The maximum atomic E-state index is 12.1. The molecule has 12 rings (SSSR count). The summed E-state index contributed by atoms with van der Waals surface area (Å²) in [6, 6.07) is 49.1. The highest BCUT2D eigenvalue weighted by Crippen LogP contribution is 2.47. The van der Waals surface area contributed by atoms with E-state index in [2.05, 4.69) is 232 Å². The minimum Gasteiger partial charge on any atom is -0.435 e. The van der Waals surface area contributed by atoms with E-state index in [-0.39, 0.29) is 5.91 Å². The fourth-order valence-corrected chi connectivity index (χ4v) is 13.0. The molecule has 1 amide bonds. The lowest BCUT2D eigenvalue weighted by Gasteiger charge is -2.39. The van der Waals surface area contributed by atoms with Crippen molar-refractivity contribution in [3.05, 3.63) is 195 Å². The molecule has 1 aromatic heterocycles. The third kappa shape index (κ3) is 7.34. The van der Waals surface area contributed by atoms with Crippen LogP contribution in [0.15, 0.2) is 150 Å². The van der Waals surface area contributed by atoms with Crippen molar-refractivity contribution in [2.24, 2.45) is 0 Å². The summed E-state index contributed by atoms with van der Waals surface area (Å²) >= 11 is 0. The van der Waals surface area contributed by atoms with Gasteiger partial charge >= 0.3 is 6.42 Å². The molecule has 3 heterocycles. The quantitative estimate of drug-likeness (QED) is 0.0665. The van der Waals surface area contributed by atoms with E-state index in [0.29, 0.717) is 6.42 Å². The number of hydrogen-bond acceptors (Lipinski definition) is 1. The van der Waals surface area contributed by atoms with Gasteiger partial charge in [0.25, 0.3) is 0 Å². The highest BCUT2D eigenvalue weighted by molar-refractivity contribution is 6.87. The minimum atomic E-state index is -2.23. The number of nitrogens with one attached hydrogen (secondary N) is 1. The Labute approximate surface area is 435 Å². The first-order chi connectivity index (χ1) is 36.1. The van der Waals surface area contributed by atoms with E-state index in [0.717, 1.165) is 78.1 Å². The van der Waals surface area contributed by atoms with E-state index in [1.165, 1.54) is 105 Å². The van der Waals surface area contributed by atoms with E-state index in [1.54, 1.807) is 0 Å². The van der Waals surface area contributed by atoms with Crippen LogP contribution in [0.1, 0.15) is 118 Å². The van der Waals surface area contributed by atoms with Crippen molar-refractivity contribution in [2.75, 3.05) is 6.54 Å². The van der Waals surface area contributed by atoms with Gasteiger partial charge in [-0.25, -0.2) is 0 Å². The number of benzene rings is 9. The van der Waals surface area contributed by atoms with Crippen LogP contribution in [0.4, 0.5) is 0 Å². The summed E-state index contributed by atoms with van der Waals surface area (Å²) in [5.41, 5.74) is 15.3. The Balaban J connectivity index is 1.08. The molecule has 10 aromatic rings. The molecule has 9 aromatic carbocycles. The summed E-state index contributed by atoms with van der Waals surface area (Å²) in [5, 5.41) is 17.8. The van der Waals surface area contributed by atoms with Gasteiger partial charge in [0.05, 0.1) is 5.57 Å². The molecule has 0 bridgehead atoms. The topological polar surface area (TPSA) is 37.0 Å². The fourth-order valence-electron chi connectivity index (χ4n) is 13.0. The number of fused-ring (bicyclic) bond motifs is 2. The van der Waals surface area contributed by atoms with Crippen molar-refractivity contribution in [2.45, 2.75) is 93.4 Å². The zero-order valence-corrected chi connectivity index (χ0v) is 43.7. The molecule has 0 spiro atoms. The standard InChI is InChI=1S/C69H60BN3O/c1-8-43-71-62(74)22-14-12-11-13-17-48-23-25-57(26-24-48)67-68-44(4)58(9-2)46(6)72(68)70(73-47(7)59(10-3)45(5)69(67)73,41-39-49-27-29-55-33-31-51-18-15-20-53-35-37-60(49)65(55)63(51)53)42-40-50-28-30-56-34-32-52-19-16-21-54-36-38-61(50)66(56)64(52)54/h15-16,18-21,23-38H,8-12,14,22,43H2,1-7H3,(H,71,74). The lowest BCUT2D eigenvalue weighted by molar-refractivity contribution is -0.330. The summed E-state index contributed by atoms with van der Waals surface area (Å²) in [6.45, 7) is 16.6. The molecular weight excluding hydrogens is 898 g/mol. The maximum absolute atomic E-state index is 12.1. The van der Waals surface area contributed by atoms with Crippen LogP contribution in [0.2, 0.25) is 0 Å². The molecule has 0 unspecified atom stereocenters. The summed E-state index contributed by atoms with van der Waals surface area (Å²) in [5.74, 6) is 23.2. The number of amides is 1. The SMILES string of the molecule is CCCNC(=O)CCCCC#Cc1ccc(C2=C3C(C)=C(CC)C(C)=[N+]3[B-](C#Cc3ccc4ccc5cccc6ccc3c4c56)(C#Cc3ccc4ccc5cccc6ccc3c4c56)n3c(C)c(CC)c(C)c32)cc1. The second-order valence-electron chi connectivity index (χ2n) is 20.6. The Bertz CT molecular complexity index is 4080. The minimum absolute atomic E-state index is 0.131. The van der Waals surface area contributed by atoms with Gasteiger partial charge in [0, 0.05) is 59.8 Å². The second-order valence-corrected chi connectivity index (χ2v) is 20.6. The van der Waals surface area contributed by atoms with Crippen molar-refractivity contribution in [1.29, 1.82) is 0 Å². The number of carbonyl (C=O) groups excluding carboxylic acids is 1. The summed E-state index contributed by atoms with van der Waals surface area (Å²) in [6.07, 6.45) is 3.53. The van der Waals surface area contributed by atoms with Crippen molar-refractivity contribution >= 4 is 88.2 Å². The highest BCUT2D eigenvalue weighted by Gasteiger charge is 2.52. The number of rotatable bonds is 9. The smallest absolute Gasteiger partial charge is 0.435 e. The van der Waals surface area contributed by atoms with Crippen molar-refractivity contribution in [1.82, 2.24) is 9.79 Å². The first-order valence-corrected chi connectivity index (χ1v) is 26.9.